The van der Waals surface area contributed by atoms with Crippen molar-refractivity contribution in [2.45, 2.75) is 0 Å². The van der Waals surface area contributed by atoms with Gasteiger partial charge in [0.2, 0.25) is 0 Å². The summed E-state index contributed by atoms with van der Waals surface area (Å²) in [6.45, 7) is 0. The quantitative estimate of drug-likeness (QED) is 0.106. The fourth-order valence-corrected chi connectivity index (χ4v) is 20.7. The SMILES string of the molecule is Brc1csc2c(-c3ccccc3)c(-c3ccc(-c4c5ccccc5c(-c5cccc6ccccc56)c5ccccc45)cc3)c3ccccc3c12.OB(O)c1ccccc1.c1ccc(-c2c(-c3ccc(-c4c5ccccc5c(-c5cccc6ccccc56)c5ccccc45)cc3)c3ccccc3c3c(-c4ccccc4)csc23)cc1. The van der Waals surface area contributed by atoms with Crippen LogP contribution in [-0.2, 0) is 0 Å². The number of fused-ring (bicyclic) bond motifs is 12. The van der Waals surface area contributed by atoms with Gasteiger partial charge in [-0.25, -0.2) is 0 Å². The van der Waals surface area contributed by atoms with E-state index in [-0.39, 0.29) is 0 Å². The molecule has 0 amide bonds. The summed E-state index contributed by atoms with van der Waals surface area (Å²) >= 11 is 7.56. The van der Waals surface area contributed by atoms with E-state index in [2.05, 4.69) is 397 Å². The molecule has 2 aromatic heterocycles. The highest BCUT2D eigenvalue weighted by Crippen LogP contribution is 2.54. The summed E-state index contributed by atoms with van der Waals surface area (Å²) in [5.41, 5.74) is 23.2. The van der Waals surface area contributed by atoms with Crippen LogP contribution in [0.2, 0.25) is 0 Å². The van der Waals surface area contributed by atoms with Crippen molar-refractivity contribution < 1.29 is 10.0 Å². The fourth-order valence-electron chi connectivity index (χ4n) is 17.7. The van der Waals surface area contributed by atoms with Gasteiger partial charge in [-0.05, 0) is 196 Å². The predicted octanol–water partition coefficient (Wildman–Crippen LogP) is 30.2. The Labute approximate surface area is 678 Å². The lowest BCUT2D eigenvalue weighted by Gasteiger charge is -2.20. The van der Waals surface area contributed by atoms with Gasteiger partial charge in [-0.3, -0.25) is 0 Å². The Morgan fingerprint density at radius 1 is 0.193 bits per heavy atom. The zero-order chi connectivity index (χ0) is 76.2. The second-order valence-electron chi connectivity index (χ2n) is 29.0. The average molecular weight is 1550 g/mol. The molecule has 0 saturated heterocycles. The monoisotopic (exact) mass is 1550 g/mol. The molecule has 0 aliphatic heterocycles. The first-order valence-corrected chi connectivity index (χ1v) is 41.1. The maximum absolute atomic E-state index is 8.58. The van der Waals surface area contributed by atoms with Gasteiger partial charge in [0.25, 0.3) is 0 Å². The lowest BCUT2D eigenvalue weighted by atomic mass is 9.81. The molecule has 114 heavy (non-hydrogen) atoms. The van der Waals surface area contributed by atoms with Crippen molar-refractivity contribution in [3.63, 3.8) is 0 Å². The summed E-state index contributed by atoms with van der Waals surface area (Å²) in [7, 11) is -1.34. The number of hydrogen-bond donors (Lipinski definition) is 2. The Balaban J connectivity index is 0.000000134. The van der Waals surface area contributed by atoms with Crippen LogP contribution in [0.15, 0.2) is 416 Å². The Hall–Kier alpha value is -13.1. The lowest BCUT2D eigenvalue weighted by molar-refractivity contribution is 0.426. The molecular weight excluding hydrogens is 1480 g/mol. The number of rotatable bonds is 10. The second kappa shape index (κ2) is 30.2. The molecule has 0 aliphatic rings. The fraction of sp³-hybridized carbons (Fsp3) is 0. The molecular formula is C108H70BBrO2S2. The van der Waals surface area contributed by atoms with Gasteiger partial charge in [0.05, 0.1) is 0 Å². The highest BCUT2D eigenvalue weighted by molar-refractivity contribution is 9.10. The smallest absolute Gasteiger partial charge is 0.423 e. The zero-order valence-corrected chi connectivity index (χ0v) is 65.1. The minimum Gasteiger partial charge on any atom is -0.423 e. The van der Waals surface area contributed by atoms with E-state index in [0.717, 1.165) is 4.47 Å². The van der Waals surface area contributed by atoms with Crippen molar-refractivity contribution in [1.29, 1.82) is 0 Å². The number of thiophene rings is 2. The van der Waals surface area contributed by atoms with Crippen molar-refractivity contribution in [2.24, 2.45) is 0 Å². The van der Waals surface area contributed by atoms with Crippen LogP contribution in [0, 0.1) is 0 Å². The first kappa shape index (κ1) is 70.0. The van der Waals surface area contributed by atoms with Gasteiger partial charge in [-0.2, -0.15) is 0 Å². The number of benzene rings is 20. The summed E-state index contributed by atoms with van der Waals surface area (Å²) in [4.78, 5) is 0. The first-order chi connectivity index (χ1) is 56.4. The predicted molar refractivity (Wildman–Crippen MR) is 497 cm³/mol. The average Bonchev–Trinajstić information content (AvgIpc) is 1.73. The third-order valence-corrected chi connectivity index (χ3v) is 25.6. The van der Waals surface area contributed by atoms with Crippen LogP contribution in [0.3, 0.4) is 0 Å². The molecule has 2 N–H and O–H groups in total. The minimum absolute atomic E-state index is 0.525. The van der Waals surface area contributed by atoms with E-state index in [4.69, 9.17) is 10.0 Å². The summed E-state index contributed by atoms with van der Waals surface area (Å²) in [6, 6.07) is 145. The van der Waals surface area contributed by atoms with E-state index < -0.39 is 7.12 Å². The summed E-state index contributed by atoms with van der Waals surface area (Å²) in [6.07, 6.45) is 0. The summed E-state index contributed by atoms with van der Waals surface area (Å²) in [5.74, 6) is 0. The van der Waals surface area contributed by atoms with Crippen LogP contribution in [0.1, 0.15) is 0 Å². The van der Waals surface area contributed by atoms with E-state index in [1.54, 1.807) is 24.3 Å². The van der Waals surface area contributed by atoms with Crippen LogP contribution >= 0.6 is 38.6 Å². The van der Waals surface area contributed by atoms with Crippen molar-refractivity contribution in [3.05, 3.63) is 416 Å². The van der Waals surface area contributed by atoms with Crippen LogP contribution in [0.25, 0.3) is 206 Å². The van der Waals surface area contributed by atoms with Crippen LogP contribution in [0.5, 0.6) is 0 Å². The maximum Gasteiger partial charge on any atom is 0.488 e. The normalized spacial score (nSPS) is 11.5. The van der Waals surface area contributed by atoms with Crippen molar-refractivity contribution in [1.82, 2.24) is 0 Å². The molecule has 0 aliphatic carbocycles. The van der Waals surface area contributed by atoms with Crippen molar-refractivity contribution in [3.8, 4) is 100 Å². The molecule has 0 bridgehead atoms. The Kier molecular flexibility index (Phi) is 18.5. The minimum atomic E-state index is -1.34. The zero-order valence-electron chi connectivity index (χ0n) is 61.9. The van der Waals surface area contributed by atoms with Gasteiger partial charge in [-0.1, -0.05) is 400 Å². The van der Waals surface area contributed by atoms with E-state index in [0.29, 0.717) is 5.46 Å². The van der Waals surface area contributed by atoms with Crippen LogP contribution in [0.4, 0.5) is 0 Å². The molecule has 0 fully saturated rings. The van der Waals surface area contributed by atoms with Gasteiger partial charge >= 0.3 is 7.12 Å². The van der Waals surface area contributed by atoms with Gasteiger partial charge in [0.15, 0.2) is 0 Å². The topological polar surface area (TPSA) is 40.5 Å². The highest BCUT2D eigenvalue weighted by atomic mass is 79.9. The molecule has 22 aromatic rings. The van der Waals surface area contributed by atoms with Gasteiger partial charge < -0.3 is 10.0 Å². The number of hydrogen-bond acceptors (Lipinski definition) is 4. The summed E-state index contributed by atoms with van der Waals surface area (Å²) in [5, 5.41) is 44.7. The van der Waals surface area contributed by atoms with Crippen LogP contribution < -0.4 is 5.46 Å². The molecule has 0 atom stereocenters. The van der Waals surface area contributed by atoms with E-state index in [1.165, 1.54) is 206 Å². The molecule has 2 nitrogen and oxygen atoms in total. The Bertz CT molecular complexity index is 7300. The Morgan fingerprint density at radius 3 is 0.825 bits per heavy atom. The van der Waals surface area contributed by atoms with Crippen molar-refractivity contribution in [2.75, 3.05) is 0 Å². The molecule has 0 saturated carbocycles. The molecule has 6 heteroatoms. The lowest BCUT2D eigenvalue weighted by Crippen LogP contribution is -2.29. The number of halogens is 1. The largest absolute Gasteiger partial charge is 0.488 e. The first-order valence-electron chi connectivity index (χ1n) is 38.6. The third-order valence-electron chi connectivity index (χ3n) is 22.6. The van der Waals surface area contributed by atoms with Gasteiger partial charge in [0.1, 0.15) is 0 Å². The molecule has 20 aromatic carbocycles. The van der Waals surface area contributed by atoms with E-state index in [9.17, 15) is 0 Å². The summed E-state index contributed by atoms with van der Waals surface area (Å²) < 4.78 is 3.78. The molecule has 536 valence electrons. The van der Waals surface area contributed by atoms with Gasteiger partial charge in [-0.15, -0.1) is 22.7 Å². The second-order valence-corrected chi connectivity index (χ2v) is 31.6. The molecule has 22 rings (SSSR count). The molecule has 0 unspecified atom stereocenters. The van der Waals surface area contributed by atoms with Crippen molar-refractivity contribution >= 4 is 158 Å². The molecule has 0 radical (unpaired) electrons. The highest BCUT2D eigenvalue weighted by Gasteiger charge is 2.26. The molecule has 0 spiro atoms. The van der Waals surface area contributed by atoms with Gasteiger partial charge in [0, 0.05) is 46.7 Å². The third kappa shape index (κ3) is 12.4. The van der Waals surface area contributed by atoms with E-state index in [1.807, 2.05) is 28.7 Å². The Morgan fingerprint density at radius 2 is 0.456 bits per heavy atom. The molecule has 2 heterocycles. The van der Waals surface area contributed by atoms with E-state index >= 15 is 0 Å². The standard InChI is InChI=1S/C54H34S.C48H29BrS.C6H7BO2/c1-3-16-36(17-4-1)48-34-55-54-51(37-19-5-2-6-20-37)50(44-25-11-14-28-47(44)53(48)54)39-32-30-38(31-33-39)49-42-23-9-12-26-45(42)52(46-27-13-10-24-43(46)49)41-29-15-21-35-18-7-8-22-40(35)41;49-42-29-50-48-45(31-14-2-1-3-15-31)44(38-20-8-11-23-41(38)47(42)48)33-27-25-32(26-28-33)43-36-18-6-9-21-39(36)46(40-22-10-7-19-37(40)43)35-24-12-16-30-13-4-5-17-34(30)35;8-7(9)6-4-2-1-3-5-6/h1-34H;1-29H;1-5,8-9H. The van der Waals surface area contributed by atoms with Crippen LogP contribution in [-0.4, -0.2) is 17.2 Å². The maximum atomic E-state index is 8.58.